The zero-order valence-corrected chi connectivity index (χ0v) is 13.7. The second kappa shape index (κ2) is 6.07. The Labute approximate surface area is 131 Å². The summed E-state index contributed by atoms with van der Waals surface area (Å²) in [6.07, 6.45) is 6.82. The van der Waals surface area contributed by atoms with Gasteiger partial charge in [0.2, 0.25) is 0 Å². The van der Waals surface area contributed by atoms with E-state index >= 15 is 0 Å². The van der Waals surface area contributed by atoms with Gasteiger partial charge in [0.1, 0.15) is 5.82 Å². The fourth-order valence-electron chi connectivity index (χ4n) is 3.53. The first-order valence-electron chi connectivity index (χ1n) is 8.12. The lowest BCUT2D eigenvalue weighted by molar-refractivity contribution is 0.238. The summed E-state index contributed by atoms with van der Waals surface area (Å²) in [5.74, 6) is 2.18. The van der Waals surface area contributed by atoms with E-state index in [0.717, 1.165) is 24.5 Å². The normalized spacial score (nSPS) is 22.0. The Hall–Kier alpha value is -1.91. The maximum absolute atomic E-state index is 5.35. The summed E-state index contributed by atoms with van der Waals surface area (Å²) in [5.41, 5.74) is 1.30. The summed E-state index contributed by atoms with van der Waals surface area (Å²) in [4.78, 5) is 11.4. The minimum atomic E-state index is 0.368. The molecule has 0 aromatic carbocycles. The molecule has 2 aromatic heterocycles. The van der Waals surface area contributed by atoms with Crippen molar-refractivity contribution in [2.75, 3.05) is 18.0 Å². The molecule has 1 saturated heterocycles. The number of nitrogens with zero attached hydrogens (tertiary/aromatic N) is 4. The lowest BCUT2D eigenvalue weighted by atomic mass is 9.78. The van der Waals surface area contributed by atoms with E-state index in [0.29, 0.717) is 17.1 Å². The highest BCUT2D eigenvalue weighted by atomic mass is 16.5. The first kappa shape index (κ1) is 15.0. The van der Waals surface area contributed by atoms with Crippen molar-refractivity contribution < 1.29 is 4.52 Å². The van der Waals surface area contributed by atoms with Crippen LogP contribution in [0.3, 0.4) is 0 Å². The summed E-state index contributed by atoms with van der Waals surface area (Å²) < 4.78 is 5.35. The van der Waals surface area contributed by atoms with Crippen LogP contribution < -0.4 is 4.90 Å². The Morgan fingerprint density at radius 1 is 1.41 bits per heavy atom. The number of anilines is 1. The van der Waals surface area contributed by atoms with Crippen LogP contribution in [0.25, 0.3) is 11.5 Å². The molecule has 0 amide bonds. The zero-order valence-electron chi connectivity index (χ0n) is 13.7. The van der Waals surface area contributed by atoms with Crippen LogP contribution in [-0.4, -0.2) is 28.2 Å². The molecule has 5 heteroatoms. The molecule has 5 nitrogen and oxygen atoms in total. The fourth-order valence-corrected chi connectivity index (χ4v) is 3.53. The van der Waals surface area contributed by atoms with E-state index in [1.165, 1.54) is 25.7 Å². The van der Waals surface area contributed by atoms with Gasteiger partial charge in [0.05, 0.1) is 5.56 Å². The molecule has 0 N–H and O–H groups in total. The van der Waals surface area contributed by atoms with Crippen molar-refractivity contribution in [2.45, 2.75) is 46.5 Å². The van der Waals surface area contributed by atoms with Crippen molar-refractivity contribution in [1.29, 1.82) is 0 Å². The van der Waals surface area contributed by atoms with Gasteiger partial charge in [-0.05, 0) is 43.7 Å². The average Bonchev–Trinajstić information content (AvgIpc) is 2.94. The Morgan fingerprint density at radius 2 is 2.27 bits per heavy atom. The van der Waals surface area contributed by atoms with Gasteiger partial charge in [-0.15, -0.1) is 0 Å². The molecule has 0 unspecified atom stereocenters. The van der Waals surface area contributed by atoms with Crippen molar-refractivity contribution in [1.82, 2.24) is 15.1 Å². The maximum Gasteiger partial charge on any atom is 0.261 e. The number of rotatable bonds is 4. The SMILES string of the molecule is CCC[C@]1(C)CCCN(c2ncccc2-c2nc(C)no2)C1. The van der Waals surface area contributed by atoms with Gasteiger partial charge in [-0.1, -0.05) is 25.4 Å². The molecule has 0 spiro atoms. The van der Waals surface area contributed by atoms with Crippen LogP contribution in [0, 0.1) is 12.3 Å². The summed E-state index contributed by atoms with van der Waals surface area (Å²) in [6.45, 7) is 8.57. The van der Waals surface area contributed by atoms with Gasteiger partial charge < -0.3 is 9.42 Å². The third-order valence-corrected chi connectivity index (χ3v) is 4.48. The highest BCUT2D eigenvalue weighted by Crippen LogP contribution is 2.37. The van der Waals surface area contributed by atoms with Crippen LogP contribution in [0.4, 0.5) is 5.82 Å². The average molecular weight is 300 g/mol. The summed E-state index contributed by atoms with van der Waals surface area (Å²) >= 11 is 0. The summed E-state index contributed by atoms with van der Waals surface area (Å²) in [6, 6.07) is 3.94. The molecule has 1 fully saturated rings. The van der Waals surface area contributed by atoms with Crippen LogP contribution >= 0.6 is 0 Å². The van der Waals surface area contributed by atoms with Crippen molar-refractivity contribution in [3.05, 3.63) is 24.2 Å². The van der Waals surface area contributed by atoms with E-state index < -0.39 is 0 Å². The minimum absolute atomic E-state index is 0.368. The van der Waals surface area contributed by atoms with Crippen molar-refractivity contribution in [2.24, 2.45) is 5.41 Å². The van der Waals surface area contributed by atoms with Crippen molar-refractivity contribution in [3.8, 4) is 11.5 Å². The van der Waals surface area contributed by atoms with Gasteiger partial charge in [-0.25, -0.2) is 4.98 Å². The molecular weight excluding hydrogens is 276 g/mol. The topological polar surface area (TPSA) is 55.1 Å². The highest BCUT2D eigenvalue weighted by Gasteiger charge is 2.32. The molecule has 0 bridgehead atoms. The molecule has 3 rings (SSSR count). The van der Waals surface area contributed by atoms with Crippen LogP contribution in [-0.2, 0) is 0 Å². The molecule has 2 aromatic rings. The summed E-state index contributed by atoms with van der Waals surface area (Å²) in [5, 5.41) is 3.90. The molecule has 1 atom stereocenters. The number of hydrogen-bond acceptors (Lipinski definition) is 5. The number of piperidine rings is 1. The second-order valence-corrected chi connectivity index (χ2v) is 6.61. The molecular formula is C17H24N4O. The molecule has 1 aliphatic heterocycles. The van der Waals surface area contributed by atoms with E-state index in [-0.39, 0.29) is 0 Å². The quantitative estimate of drug-likeness (QED) is 0.858. The maximum atomic E-state index is 5.35. The van der Waals surface area contributed by atoms with Gasteiger partial charge in [-0.3, -0.25) is 0 Å². The Morgan fingerprint density at radius 3 is 3.00 bits per heavy atom. The van der Waals surface area contributed by atoms with Crippen molar-refractivity contribution >= 4 is 5.82 Å². The van der Waals surface area contributed by atoms with E-state index in [4.69, 9.17) is 4.52 Å². The van der Waals surface area contributed by atoms with Gasteiger partial charge in [0, 0.05) is 19.3 Å². The molecule has 1 aliphatic rings. The van der Waals surface area contributed by atoms with Gasteiger partial charge >= 0.3 is 0 Å². The first-order chi connectivity index (χ1) is 10.6. The third-order valence-electron chi connectivity index (χ3n) is 4.48. The Balaban J connectivity index is 1.92. The lowest BCUT2D eigenvalue weighted by Gasteiger charge is -2.41. The van der Waals surface area contributed by atoms with E-state index in [1.54, 1.807) is 0 Å². The minimum Gasteiger partial charge on any atom is -0.355 e. The summed E-state index contributed by atoms with van der Waals surface area (Å²) in [7, 11) is 0. The Kier molecular flexibility index (Phi) is 4.14. The fraction of sp³-hybridized carbons (Fsp3) is 0.588. The monoisotopic (exact) mass is 300 g/mol. The molecule has 0 saturated carbocycles. The highest BCUT2D eigenvalue weighted by molar-refractivity contribution is 5.69. The smallest absolute Gasteiger partial charge is 0.261 e. The molecule has 0 aliphatic carbocycles. The van der Waals surface area contributed by atoms with Gasteiger partial charge in [0.25, 0.3) is 5.89 Å². The first-order valence-corrected chi connectivity index (χ1v) is 8.12. The number of pyridine rings is 1. The molecule has 3 heterocycles. The van der Waals surface area contributed by atoms with Gasteiger partial charge in [0.15, 0.2) is 5.82 Å². The predicted molar refractivity (Wildman–Crippen MR) is 86.7 cm³/mol. The molecule has 118 valence electrons. The van der Waals surface area contributed by atoms with Crippen LogP contribution in [0.1, 0.15) is 45.4 Å². The predicted octanol–water partition coefficient (Wildman–Crippen LogP) is 3.85. The van der Waals surface area contributed by atoms with E-state index in [2.05, 4.69) is 33.9 Å². The Bertz CT molecular complexity index is 635. The lowest BCUT2D eigenvalue weighted by Crippen LogP contribution is -2.42. The van der Waals surface area contributed by atoms with E-state index in [1.807, 2.05) is 25.3 Å². The zero-order chi connectivity index (χ0) is 15.6. The number of hydrogen-bond donors (Lipinski definition) is 0. The van der Waals surface area contributed by atoms with Gasteiger partial charge in [-0.2, -0.15) is 4.98 Å². The largest absolute Gasteiger partial charge is 0.355 e. The number of aromatic nitrogens is 3. The van der Waals surface area contributed by atoms with Crippen LogP contribution in [0.15, 0.2) is 22.9 Å². The van der Waals surface area contributed by atoms with Crippen LogP contribution in [0.5, 0.6) is 0 Å². The third kappa shape index (κ3) is 2.98. The standard InChI is InChI=1S/C17H24N4O/c1-4-8-17(3)9-6-11-21(12-17)15-14(7-5-10-18-15)16-19-13(2)20-22-16/h5,7,10H,4,6,8-9,11-12H2,1-3H3/t17-/m1/s1. The molecule has 22 heavy (non-hydrogen) atoms. The number of aryl methyl sites for hydroxylation is 1. The van der Waals surface area contributed by atoms with E-state index in [9.17, 15) is 0 Å². The second-order valence-electron chi connectivity index (χ2n) is 6.61. The van der Waals surface area contributed by atoms with Crippen LogP contribution in [0.2, 0.25) is 0 Å². The van der Waals surface area contributed by atoms with Crippen molar-refractivity contribution in [3.63, 3.8) is 0 Å². The molecule has 0 radical (unpaired) electrons.